The Labute approximate surface area is 186 Å². The van der Waals surface area contributed by atoms with Crippen LogP contribution in [0.1, 0.15) is 72.1 Å². The Morgan fingerprint density at radius 1 is 1.26 bits per heavy atom. The summed E-state index contributed by atoms with van der Waals surface area (Å²) < 4.78 is 64.6. The molecule has 1 amide bonds. The zero-order chi connectivity index (χ0) is 23.8. The summed E-state index contributed by atoms with van der Waals surface area (Å²) in [5.74, 6) is -4.84. The van der Waals surface area contributed by atoms with E-state index in [0.29, 0.717) is 0 Å². The molecular formula is C22H33F3N2O3S. The van der Waals surface area contributed by atoms with E-state index in [9.17, 15) is 18.1 Å². The number of rotatable bonds is 6. The van der Waals surface area contributed by atoms with Crippen LogP contribution in [0.15, 0.2) is 18.2 Å². The number of nitrogens with zero attached hydrogens (tertiary/aromatic N) is 1. The number of amides is 1. The quantitative estimate of drug-likeness (QED) is 0.584. The van der Waals surface area contributed by atoms with Crippen molar-refractivity contribution >= 4 is 17.5 Å². The van der Waals surface area contributed by atoms with Crippen molar-refractivity contribution in [2.24, 2.45) is 5.92 Å². The Morgan fingerprint density at radius 2 is 1.84 bits per heavy atom. The third-order valence-electron chi connectivity index (χ3n) is 4.88. The van der Waals surface area contributed by atoms with Gasteiger partial charge in [-0.15, -0.1) is 4.72 Å². The highest BCUT2D eigenvalue weighted by Crippen LogP contribution is 2.40. The van der Waals surface area contributed by atoms with Crippen molar-refractivity contribution in [3.8, 4) is 0 Å². The van der Waals surface area contributed by atoms with Gasteiger partial charge in [0.1, 0.15) is 16.2 Å². The van der Waals surface area contributed by atoms with Gasteiger partial charge >= 0.3 is 6.09 Å². The van der Waals surface area contributed by atoms with Crippen molar-refractivity contribution in [3.63, 3.8) is 0 Å². The molecule has 1 N–H and O–H groups in total. The van der Waals surface area contributed by atoms with Gasteiger partial charge in [0.2, 0.25) is 0 Å². The van der Waals surface area contributed by atoms with Crippen molar-refractivity contribution in [2.45, 2.75) is 77.2 Å². The van der Waals surface area contributed by atoms with Crippen LogP contribution in [0.25, 0.3) is 0 Å². The summed E-state index contributed by atoms with van der Waals surface area (Å²) in [5.41, 5.74) is -1.30. The van der Waals surface area contributed by atoms with Gasteiger partial charge in [-0.05, 0) is 48.5 Å². The average molecular weight is 463 g/mol. The fraction of sp³-hybridized carbons (Fsp3) is 0.682. The minimum atomic E-state index is -3.40. The number of likely N-dealkylation sites (tertiary alicyclic amines) is 1. The lowest BCUT2D eigenvalue weighted by atomic mass is 9.89. The molecule has 2 atom stereocenters. The highest BCUT2D eigenvalue weighted by Gasteiger charge is 2.43. The number of carbonyl (C=O) groups is 1. The molecule has 0 radical (unpaired) electrons. The van der Waals surface area contributed by atoms with Crippen LogP contribution < -0.4 is 4.72 Å². The van der Waals surface area contributed by atoms with Crippen molar-refractivity contribution in [1.82, 2.24) is 9.62 Å². The first-order valence-corrected chi connectivity index (χ1v) is 11.5. The zero-order valence-electron chi connectivity index (χ0n) is 19.2. The molecule has 1 unspecified atom stereocenters. The molecule has 0 bridgehead atoms. The normalized spacial score (nSPS) is 17.8. The van der Waals surface area contributed by atoms with Crippen LogP contribution >= 0.6 is 0 Å². The number of benzene rings is 1. The molecule has 1 aromatic carbocycles. The molecular weight excluding hydrogens is 429 g/mol. The number of hydrogen-bond acceptors (Lipinski definition) is 4. The lowest BCUT2D eigenvalue weighted by Gasteiger charge is -2.41. The highest BCUT2D eigenvalue weighted by atomic mass is 32.2. The second kappa shape index (κ2) is 9.19. The van der Waals surface area contributed by atoms with Crippen LogP contribution in [0.2, 0.25) is 0 Å². The van der Waals surface area contributed by atoms with Gasteiger partial charge < -0.3 is 14.2 Å². The maximum absolute atomic E-state index is 15.0. The second-order valence-corrected chi connectivity index (χ2v) is 12.1. The van der Waals surface area contributed by atoms with Gasteiger partial charge in [0.15, 0.2) is 0 Å². The summed E-state index contributed by atoms with van der Waals surface area (Å²) >= 11 is -1.47. The monoisotopic (exact) mass is 462 g/mol. The van der Waals surface area contributed by atoms with Gasteiger partial charge in [0.05, 0.1) is 11.6 Å². The van der Waals surface area contributed by atoms with E-state index >= 15 is 4.39 Å². The molecule has 1 heterocycles. The van der Waals surface area contributed by atoms with E-state index in [4.69, 9.17) is 4.74 Å². The van der Waals surface area contributed by atoms with Gasteiger partial charge in [0, 0.05) is 42.4 Å². The summed E-state index contributed by atoms with van der Waals surface area (Å²) in [6, 6.07) is 3.17. The lowest BCUT2D eigenvalue weighted by molar-refractivity contribution is -0.0632. The standard InChI is InChI=1S/C22H33F3N2O3S/c1-14(26-31(29)21(5,6)7)16-9-8-10-17(18(16)23)22(24,25)11-15-12-27(13-15)19(28)30-20(2,3)4/h8-10,14-15,26H,11-13H2,1-7H3/t14-,31?/m1/s1. The Bertz CT molecular complexity index is 787. The maximum Gasteiger partial charge on any atom is 0.410 e. The molecule has 9 heteroatoms. The van der Waals surface area contributed by atoms with Crippen LogP contribution in [0, 0.1) is 11.7 Å². The minimum Gasteiger partial charge on any atom is -0.598 e. The molecule has 1 saturated heterocycles. The van der Waals surface area contributed by atoms with E-state index in [1.807, 2.05) is 0 Å². The first-order chi connectivity index (χ1) is 14.0. The molecule has 0 spiro atoms. The first kappa shape index (κ1) is 25.8. The molecule has 2 rings (SSSR count). The minimum absolute atomic E-state index is 0.0405. The number of ether oxygens (including phenoxy) is 1. The van der Waals surface area contributed by atoms with Gasteiger partial charge in [-0.1, -0.05) is 18.2 Å². The van der Waals surface area contributed by atoms with Gasteiger partial charge in [-0.25, -0.2) is 18.0 Å². The smallest absolute Gasteiger partial charge is 0.410 e. The van der Waals surface area contributed by atoms with Crippen molar-refractivity contribution < 1.29 is 27.3 Å². The molecule has 176 valence electrons. The molecule has 0 aromatic heterocycles. The Hall–Kier alpha value is -1.45. The van der Waals surface area contributed by atoms with Crippen molar-refractivity contribution in [1.29, 1.82) is 0 Å². The molecule has 0 aliphatic carbocycles. The van der Waals surface area contributed by atoms with E-state index in [0.717, 1.165) is 6.07 Å². The van der Waals surface area contributed by atoms with E-state index in [1.165, 1.54) is 17.0 Å². The van der Waals surface area contributed by atoms with E-state index in [2.05, 4.69) is 4.72 Å². The Morgan fingerprint density at radius 3 is 2.35 bits per heavy atom. The predicted octanol–water partition coefficient (Wildman–Crippen LogP) is 5.29. The summed E-state index contributed by atoms with van der Waals surface area (Å²) in [6.45, 7) is 12.4. The van der Waals surface area contributed by atoms with Crippen LogP contribution in [0.3, 0.4) is 0 Å². The topological polar surface area (TPSA) is 64.6 Å². The van der Waals surface area contributed by atoms with Crippen molar-refractivity contribution in [2.75, 3.05) is 13.1 Å². The summed E-state index contributed by atoms with van der Waals surface area (Å²) in [5, 5.41) is 0. The van der Waals surface area contributed by atoms with Gasteiger partial charge in [0.25, 0.3) is 5.92 Å². The largest absolute Gasteiger partial charge is 0.598 e. The number of hydrogen-bond donors (Lipinski definition) is 1. The van der Waals surface area contributed by atoms with E-state index < -0.39 is 63.5 Å². The number of carbonyl (C=O) groups excluding carboxylic acids is 1. The molecule has 1 aliphatic heterocycles. The fourth-order valence-corrected chi connectivity index (χ4v) is 4.02. The molecule has 1 aromatic rings. The van der Waals surface area contributed by atoms with Crippen molar-refractivity contribution in [3.05, 3.63) is 35.1 Å². The number of nitrogens with one attached hydrogen (secondary N) is 1. The SMILES string of the molecule is C[C@@H](N[S+]([O-])C(C)(C)C)c1cccc(C(F)(F)CC2CN(C(=O)OC(C)(C)C)C2)c1F. The maximum atomic E-state index is 15.0. The highest BCUT2D eigenvalue weighted by molar-refractivity contribution is 7.90. The summed E-state index contributed by atoms with van der Waals surface area (Å²) in [6.07, 6.45) is -1.10. The van der Waals surface area contributed by atoms with Crippen LogP contribution in [0.5, 0.6) is 0 Å². The first-order valence-electron chi connectivity index (χ1n) is 10.3. The van der Waals surface area contributed by atoms with E-state index in [-0.39, 0.29) is 18.7 Å². The van der Waals surface area contributed by atoms with Crippen LogP contribution in [-0.4, -0.2) is 39.0 Å². The Kier molecular flexibility index (Phi) is 7.65. The fourth-order valence-electron chi connectivity index (χ4n) is 3.21. The van der Waals surface area contributed by atoms with Crippen LogP contribution in [0.4, 0.5) is 18.0 Å². The molecule has 1 aliphatic rings. The molecule has 31 heavy (non-hydrogen) atoms. The van der Waals surface area contributed by atoms with Gasteiger partial charge in [-0.2, -0.15) is 0 Å². The van der Waals surface area contributed by atoms with E-state index in [1.54, 1.807) is 48.5 Å². The lowest BCUT2D eigenvalue weighted by Crippen LogP contribution is -2.52. The predicted molar refractivity (Wildman–Crippen MR) is 116 cm³/mol. The number of halogens is 3. The second-order valence-electron chi connectivity index (χ2n) is 10.1. The van der Waals surface area contributed by atoms with Gasteiger partial charge in [-0.3, -0.25) is 0 Å². The molecule has 5 nitrogen and oxygen atoms in total. The zero-order valence-corrected chi connectivity index (χ0v) is 20.0. The molecule has 1 fully saturated rings. The molecule has 0 saturated carbocycles. The third-order valence-corrected chi connectivity index (χ3v) is 6.56. The Balaban J connectivity index is 2.06. The average Bonchev–Trinajstić information content (AvgIpc) is 2.55. The van der Waals surface area contributed by atoms with Crippen LogP contribution in [-0.2, 0) is 22.0 Å². The summed E-state index contributed by atoms with van der Waals surface area (Å²) in [4.78, 5) is 13.3. The summed E-state index contributed by atoms with van der Waals surface area (Å²) in [7, 11) is 0. The number of alkyl halides is 2. The third kappa shape index (κ3) is 6.76.